The second kappa shape index (κ2) is 8.78. The van der Waals surface area contributed by atoms with Crippen LogP contribution >= 0.6 is 0 Å². The summed E-state index contributed by atoms with van der Waals surface area (Å²) in [4.78, 5) is 25.5. The number of carbonyl (C=O) groups is 2. The summed E-state index contributed by atoms with van der Waals surface area (Å²) >= 11 is 0. The van der Waals surface area contributed by atoms with Crippen LogP contribution in [-0.2, 0) is 9.59 Å². The molecular weight excluding hydrogens is 332 g/mol. The van der Waals surface area contributed by atoms with Crippen LogP contribution in [0.5, 0.6) is 0 Å². The van der Waals surface area contributed by atoms with E-state index in [1.165, 1.54) is 0 Å². The van der Waals surface area contributed by atoms with Crippen molar-refractivity contribution in [2.45, 2.75) is 72.5 Å². The zero-order valence-corrected chi connectivity index (χ0v) is 16.7. The molecule has 0 saturated heterocycles. The highest BCUT2D eigenvalue weighted by molar-refractivity contribution is 6.24. The van der Waals surface area contributed by atoms with Gasteiger partial charge < -0.3 is 15.3 Å². The molecule has 1 aliphatic rings. The molecule has 26 heavy (non-hydrogen) atoms. The molecule has 0 aliphatic heterocycles. The Hall–Kier alpha value is -1.72. The van der Waals surface area contributed by atoms with Gasteiger partial charge >= 0.3 is 0 Å². The standard InChI is InChI=1S/C21H32O5/c1-7-14(6)18(23)17-19(24)15(10-8-12(2)3)21(26,20(17)25)16(22)11-9-13(4)5/h8-9,14-16,22,25-26H,7,10-11H2,1-6H3/t14?,15-,16?,21-/m1/s1. The Kier molecular flexibility index (Phi) is 7.54. The Balaban J connectivity index is 3.43. The number of aliphatic hydroxyl groups excluding tert-OH is 2. The summed E-state index contributed by atoms with van der Waals surface area (Å²) in [6.07, 6.45) is 2.84. The number of Topliss-reactive ketones (excluding diaryl/α,β-unsaturated/α-hetero) is 2. The van der Waals surface area contributed by atoms with Crippen LogP contribution in [0.25, 0.3) is 0 Å². The van der Waals surface area contributed by atoms with E-state index in [4.69, 9.17) is 0 Å². The van der Waals surface area contributed by atoms with Crippen molar-refractivity contribution in [2.75, 3.05) is 0 Å². The molecule has 0 radical (unpaired) electrons. The Morgan fingerprint density at radius 2 is 1.73 bits per heavy atom. The predicted molar refractivity (Wildman–Crippen MR) is 102 cm³/mol. The summed E-state index contributed by atoms with van der Waals surface area (Å²) in [5.41, 5.74) is -0.629. The minimum absolute atomic E-state index is 0.0757. The fourth-order valence-corrected chi connectivity index (χ4v) is 3.08. The Morgan fingerprint density at radius 3 is 2.19 bits per heavy atom. The first kappa shape index (κ1) is 22.3. The molecule has 0 bridgehead atoms. The summed E-state index contributed by atoms with van der Waals surface area (Å²) < 4.78 is 0. The van der Waals surface area contributed by atoms with Crippen LogP contribution in [0.1, 0.15) is 60.8 Å². The van der Waals surface area contributed by atoms with Crippen LogP contribution in [0.3, 0.4) is 0 Å². The minimum atomic E-state index is -2.16. The molecule has 1 rings (SSSR count). The number of allylic oxidation sites excluding steroid dienone is 4. The fraction of sp³-hybridized carbons (Fsp3) is 0.619. The highest BCUT2D eigenvalue weighted by Crippen LogP contribution is 2.43. The maximum absolute atomic E-state index is 12.9. The van der Waals surface area contributed by atoms with Crippen molar-refractivity contribution in [3.05, 3.63) is 34.6 Å². The smallest absolute Gasteiger partial charge is 0.176 e. The van der Waals surface area contributed by atoms with Crippen molar-refractivity contribution in [2.24, 2.45) is 11.8 Å². The normalized spacial score (nSPS) is 25.1. The highest BCUT2D eigenvalue weighted by atomic mass is 16.4. The van der Waals surface area contributed by atoms with E-state index in [0.29, 0.717) is 6.42 Å². The quantitative estimate of drug-likeness (QED) is 0.453. The summed E-state index contributed by atoms with van der Waals surface area (Å²) in [6, 6.07) is 0. The van der Waals surface area contributed by atoms with E-state index in [0.717, 1.165) is 11.1 Å². The van der Waals surface area contributed by atoms with Crippen LogP contribution in [0.4, 0.5) is 0 Å². The minimum Gasteiger partial charge on any atom is -0.508 e. The van der Waals surface area contributed by atoms with E-state index >= 15 is 0 Å². The lowest BCUT2D eigenvalue weighted by Gasteiger charge is -2.33. The Bertz CT molecular complexity index is 647. The van der Waals surface area contributed by atoms with Crippen molar-refractivity contribution in [1.29, 1.82) is 0 Å². The molecular formula is C21H32O5. The van der Waals surface area contributed by atoms with Crippen molar-refractivity contribution < 1.29 is 24.9 Å². The molecule has 0 spiro atoms. The third kappa shape index (κ3) is 4.33. The monoisotopic (exact) mass is 364 g/mol. The van der Waals surface area contributed by atoms with Crippen LogP contribution in [-0.4, -0.2) is 38.6 Å². The first-order valence-corrected chi connectivity index (χ1v) is 9.17. The van der Waals surface area contributed by atoms with Gasteiger partial charge in [-0.15, -0.1) is 0 Å². The largest absolute Gasteiger partial charge is 0.508 e. The van der Waals surface area contributed by atoms with Gasteiger partial charge in [-0.3, -0.25) is 9.59 Å². The Morgan fingerprint density at radius 1 is 1.19 bits per heavy atom. The van der Waals surface area contributed by atoms with E-state index in [9.17, 15) is 24.9 Å². The highest BCUT2D eigenvalue weighted by Gasteiger charge is 2.58. The van der Waals surface area contributed by atoms with Gasteiger partial charge in [0, 0.05) is 5.92 Å². The number of ketones is 2. The number of hydrogen-bond donors (Lipinski definition) is 3. The maximum Gasteiger partial charge on any atom is 0.176 e. The average molecular weight is 364 g/mol. The molecule has 0 saturated carbocycles. The number of rotatable bonds is 8. The van der Waals surface area contributed by atoms with E-state index in [2.05, 4.69) is 0 Å². The molecule has 5 nitrogen and oxygen atoms in total. The van der Waals surface area contributed by atoms with Crippen LogP contribution in [0.2, 0.25) is 0 Å². The molecule has 0 aromatic carbocycles. The number of hydrogen-bond acceptors (Lipinski definition) is 5. The Labute approximate surface area is 156 Å². The summed E-state index contributed by atoms with van der Waals surface area (Å²) in [6.45, 7) is 10.9. The third-order valence-corrected chi connectivity index (χ3v) is 5.04. The lowest BCUT2D eigenvalue weighted by molar-refractivity contribution is -0.134. The molecule has 0 aromatic rings. The van der Waals surface area contributed by atoms with Gasteiger partial charge in [0.1, 0.15) is 11.3 Å². The topological polar surface area (TPSA) is 94.8 Å². The second-order valence-corrected chi connectivity index (χ2v) is 7.69. The molecule has 2 unspecified atom stereocenters. The van der Waals surface area contributed by atoms with Crippen LogP contribution in [0.15, 0.2) is 34.6 Å². The maximum atomic E-state index is 12.9. The van der Waals surface area contributed by atoms with Crippen LogP contribution < -0.4 is 0 Å². The SMILES string of the molecule is CCC(C)C(=O)C1=C(O)[C@](O)(C(O)CC=C(C)C)[C@H](CC=C(C)C)C1=O. The first-order valence-electron chi connectivity index (χ1n) is 9.17. The van der Waals surface area contributed by atoms with Crippen molar-refractivity contribution >= 4 is 11.6 Å². The molecule has 1 aliphatic carbocycles. The van der Waals surface area contributed by atoms with Gasteiger partial charge in [-0.25, -0.2) is 0 Å². The van der Waals surface area contributed by atoms with Gasteiger partial charge in [0.15, 0.2) is 17.2 Å². The van der Waals surface area contributed by atoms with E-state index in [-0.39, 0.29) is 18.4 Å². The van der Waals surface area contributed by atoms with Gasteiger partial charge in [-0.1, -0.05) is 37.1 Å². The van der Waals surface area contributed by atoms with E-state index in [1.54, 1.807) is 19.1 Å². The van der Waals surface area contributed by atoms with E-state index in [1.807, 2.05) is 34.6 Å². The number of carbonyl (C=O) groups excluding carboxylic acids is 2. The van der Waals surface area contributed by atoms with Gasteiger partial charge in [0.2, 0.25) is 0 Å². The fourth-order valence-electron chi connectivity index (χ4n) is 3.08. The van der Waals surface area contributed by atoms with Crippen molar-refractivity contribution in [3.8, 4) is 0 Å². The number of aliphatic hydroxyl groups is 3. The van der Waals surface area contributed by atoms with Gasteiger partial charge in [-0.05, 0) is 47.0 Å². The van der Waals surface area contributed by atoms with Crippen LogP contribution in [0, 0.1) is 11.8 Å². The molecule has 0 amide bonds. The third-order valence-electron chi connectivity index (χ3n) is 5.04. The summed E-state index contributed by atoms with van der Waals surface area (Å²) in [5.74, 6) is -3.29. The molecule has 5 heteroatoms. The van der Waals surface area contributed by atoms with Crippen molar-refractivity contribution in [1.82, 2.24) is 0 Å². The first-order chi connectivity index (χ1) is 12.0. The zero-order chi connectivity index (χ0) is 20.2. The molecule has 0 heterocycles. The average Bonchev–Trinajstić information content (AvgIpc) is 2.76. The predicted octanol–water partition coefficient (Wildman–Crippen LogP) is 3.42. The van der Waals surface area contributed by atoms with Crippen molar-refractivity contribution in [3.63, 3.8) is 0 Å². The molecule has 0 fully saturated rings. The second-order valence-electron chi connectivity index (χ2n) is 7.69. The summed E-state index contributed by atoms with van der Waals surface area (Å²) in [7, 11) is 0. The van der Waals surface area contributed by atoms with Gasteiger partial charge in [0.05, 0.1) is 12.0 Å². The lowest BCUT2D eigenvalue weighted by Crippen LogP contribution is -2.49. The molecule has 3 N–H and O–H groups in total. The van der Waals surface area contributed by atoms with E-state index < -0.39 is 40.9 Å². The van der Waals surface area contributed by atoms with Gasteiger partial charge in [-0.2, -0.15) is 0 Å². The molecule has 4 atom stereocenters. The van der Waals surface area contributed by atoms with Gasteiger partial charge in [0.25, 0.3) is 0 Å². The lowest BCUT2D eigenvalue weighted by atomic mass is 9.80. The zero-order valence-electron chi connectivity index (χ0n) is 16.7. The molecule has 146 valence electrons. The molecule has 0 aromatic heterocycles. The summed E-state index contributed by atoms with van der Waals surface area (Å²) in [5, 5.41) is 32.4.